The molecule has 0 saturated carbocycles. The summed E-state index contributed by atoms with van der Waals surface area (Å²) >= 11 is 11.9. The minimum absolute atomic E-state index is 0.124. The minimum atomic E-state index is -0.644. The third kappa shape index (κ3) is 6.85. The summed E-state index contributed by atoms with van der Waals surface area (Å²) in [4.78, 5) is 16.9. The highest BCUT2D eigenvalue weighted by Crippen LogP contribution is 2.21. The van der Waals surface area contributed by atoms with Crippen LogP contribution in [0.3, 0.4) is 0 Å². The molecule has 3 rings (SSSR count). The van der Waals surface area contributed by atoms with E-state index in [-0.39, 0.29) is 18.4 Å². The monoisotopic (exact) mass is 463 g/mol. The van der Waals surface area contributed by atoms with E-state index in [1.807, 2.05) is 12.1 Å². The molecule has 4 N–H and O–H groups in total. The van der Waals surface area contributed by atoms with Gasteiger partial charge in [0, 0.05) is 22.2 Å². The number of aliphatic hydroxyl groups is 1. The molecular weight excluding hydrogens is 441 g/mol. The number of nitrogens with zero attached hydrogens (tertiary/aromatic N) is 2. The van der Waals surface area contributed by atoms with E-state index in [1.54, 1.807) is 50.2 Å². The average molecular weight is 464 g/mol. The highest BCUT2D eigenvalue weighted by atomic mass is 35.5. The summed E-state index contributed by atoms with van der Waals surface area (Å²) in [7, 11) is 0. The number of carbonyl (C=O) groups excluding carboxylic acids is 1. The van der Waals surface area contributed by atoms with Crippen LogP contribution in [0.1, 0.15) is 31.3 Å². The maximum Gasteiger partial charge on any atom is 0.322 e. The maximum atomic E-state index is 12.6. The first-order valence-corrected chi connectivity index (χ1v) is 10.3. The number of rotatable bonds is 8. The molecule has 1 heterocycles. The van der Waals surface area contributed by atoms with Crippen molar-refractivity contribution < 1.29 is 14.4 Å². The molecule has 3 aromatic rings. The third-order valence-electron chi connectivity index (χ3n) is 4.35. The number of urea groups is 1. The number of carbonyl (C=O) groups is 1. The van der Waals surface area contributed by atoms with Crippen LogP contribution in [-0.2, 0) is 6.42 Å². The molecular formula is C21H23Cl2N5O3. The molecule has 2 amide bonds. The summed E-state index contributed by atoms with van der Waals surface area (Å²) in [5.74, 6) is 0.289. The molecule has 1 aromatic heterocycles. The van der Waals surface area contributed by atoms with E-state index in [1.165, 1.54) is 0 Å². The van der Waals surface area contributed by atoms with Gasteiger partial charge in [-0.05, 0) is 55.8 Å². The van der Waals surface area contributed by atoms with E-state index in [2.05, 4.69) is 26.1 Å². The number of hydrogen-bond acceptors (Lipinski definition) is 6. The molecule has 0 aliphatic rings. The van der Waals surface area contributed by atoms with Gasteiger partial charge in [0.1, 0.15) is 0 Å². The standard InChI is InChI=1S/C21H23Cl2N5O3/c1-21(2,12-29)27-20-26-18(28-31-20)17(11-13-3-5-14(22)6-4-13)25-19(30)24-16-9-7-15(23)8-10-16/h3-10,17,29H,11-12H2,1-2H3,(H2,24,25,30)(H,26,27,28)/t17-/m0/s1. The van der Waals surface area contributed by atoms with Gasteiger partial charge < -0.3 is 25.6 Å². The van der Waals surface area contributed by atoms with Crippen LogP contribution < -0.4 is 16.0 Å². The van der Waals surface area contributed by atoms with Crippen LogP contribution in [0.25, 0.3) is 0 Å². The second-order valence-corrected chi connectivity index (χ2v) is 8.49. The van der Waals surface area contributed by atoms with Crippen molar-refractivity contribution in [3.8, 4) is 0 Å². The fourth-order valence-electron chi connectivity index (χ4n) is 2.68. The van der Waals surface area contributed by atoms with Gasteiger partial charge in [0.05, 0.1) is 18.2 Å². The Morgan fingerprint density at radius 3 is 2.32 bits per heavy atom. The number of halogens is 2. The third-order valence-corrected chi connectivity index (χ3v) is 4.86. The number of hydrogen-bond donors (Lipinski definition) is 4. The molecule has 10 heteroatoms. The molecule has 0 aliphatic heterocycles. The van der Waals surface area contributed by atoms with Crippen molar-refractivity contribution in [3.05, 3.63) is 70.0 Å². The Labute approximate surface area is 189 Å². The van der Waals surface area contributed by atoms with Crippen molar-refractivity contribution in [3.63, 3.8) is 0 Å². The Morgan fingerprint density at radius 1 is 1.10 bits per heavy atom. The van der Waals surface area contributed by atoms with E-state index in [0.717, 1.165) is 5.56 Å². The highest BCUT2D eigenvalue weighted by molar-refractivity contribution is 6.30. The van der Waals surface area contributed by atoms with Crippen LogP contribution in [0, 0.1) is 0 Å². The summed E-state index contributed by atoms with van der Waals surface area (Å²) in [5.41, 5.74) is 0.873. The van der Waals surface area contributed by atoms with Gasteiger partial charge >= 0.3 is 12.0 Å². The van der Waals surface area contributed by atoms with Crippen LogP contribution in [0.15, 0.2) is 53.1 Å². The zero-order valence-electron chi connectivity index (χ0n) is 17.0. The number of benzene rings is 2. The first-order chi connectivity index (χ1) is 14.7. The molecule has 2 aromatic carbocycles. The Kier molecular flexibility index (Phi) is 7.37. The first kappa shape index (κ1) is 22.9. The van der Waals surface area contributed by atoms with Crippen molar-refractivity contribution in [2.24, 2.45) is 0 Å². The summed E-state index contributed by atoms with van der Waals surface area (Å²) in [6.07, 6.45) is 0.410. The zero-order valence-corrected chi connectivity index (χ0v) is 18.5. The first-order valence-electron chi connectivity index (χ1n) is 9.54. The fraction of sp³-hybridized carbons (Fsp3) is 0.286. The molecule has 1 atom stereocenters. The molecule has 0 radical (unpaired) electrons. The number of aromatic nitrogens is 2. The second-order valence-electron chi connectivity index (χ2n) is 7.61. The molecule has 8 nitrogen and oxygen atoms in total. The summed E-state index contributed by atoms with van der Waals surface area (Å²) in [6, 6.07) is 13.2. The van der Waals surface area contributed by atoms with Gasteiger partial charge in [0.15, 0.2) is 5.82 Å². The number of amides is 2. The van der Waals surface area contributed by atoms with E-state index in [4.69, 9.17) is 27.7 Å². The molecule has 0 fully saturated rings. The van der Waals surface area contributed by atoms with Crippen molar-refractivity contribution in [2.75, 3.05) is 17.2 Å². The van der Waals surface area contributed by atoms with Gasteiger partial charge in [0.2, 0.25) is 0 Å². The lowest BCUT2D eigenvalue weighted by Gasteiger charge is -2.21. The Hall–Kier alpha value is -2.81. The fourth-order valence-corrected chi connectivity index (χ4v) is 2.93. The van der Waals surface area contributed by atoms with Gasteiger partial charge in [-0.15, -0.1) is 0 Å². The molecule has 31 heavy (non-hydrogen) atoms. The van der Waals surface area contributed by atoms with Crippen LogP contribution in [0.2, 0.25) is 10.0 Å². The van der Waals surface area contributed by atoms with Gasteiger partial charge in [-0.25, -0.2) is 4.79 Å². The summed E-state index contributed by atoms with van der Waals surface area (Å²) < 4.78 is 5.26. The van der Waals surface area contributed by atoms with Gasteiger partial charge in [-0.1, -0.05) is 40.5 Å². The Bertz CT molecular complexity index is 1010. The van der Waals surface area contributed by atoms with Gasteiger partial charge in [0.25, 0.3) is 0 Å². The topological polar surface area (TPSA) is 112 Å². The van der Waals surface area contributed by atoms with E-state index in [0.29, 0.717) is 22.2 Å². The van der Waals surface area contributed by atoms with Crippen LogP contribution in [0.4, 0.5) is 16.5 Å². The van der Waals surface area contributed by atoms with Crippen molar-refractivity contribution in [1.29, 1.82) is 0 Å². The maximum absolute atomic E-state index is 12.6. The lowest BCUT2D eigenvalue weighted by atomic mass is 10.1. The van der Waals surface area contributed by atoms with E-state index in [9.17, 15) is 9.90 Å². The molecule has 0 spiro atoms. The summed E-state index contributed by atoms with van der Waals surface area (Å²) in [6.45, 7) is 3.46. The van der Waals surface area contributed by atoms with Crippen LogP contribution in [0.5, 0.6) is 0 Å². The van der Waals surface area contributed by atoms with Crippen LogP contribution in [-0.4, -0.2) is 33.4 Å². The molecule has 0 aliphatic carbocycles. The largest absolute Gasteiger partial charge is 0.394 e. The van der Waals surface area contributed by atoms with Gasteiger partial charge in [-0.2, -0.15) is 4.98 Å². The second kappa shape index (κ2) is 10.00. The SMILES string of the molecule is CC(C)(CO)Nc1nc([C@H](Cc2ccc(Cl)cc2)NC(=O)Nc2ccc(Cl)cc2)no1. The predicted octanol–water partition coefficient (Wildman–Crippen LogP) is 4.66. The number of nitrogens with one attached hydrogen (secondary N) is 3. The number of aliphatic hydroxyl groups excluding tert-OH is 1. The van der Waals surface area contributed by atoms with Crippen molar-refractivity contribution >= 4 is 40.9 Å². The van der Waals surface area contributed by atoms with Crippen LogP contribution >= 0.6 is 23.2 Å². The molecule has 0 unspecified atom stereocenters. The van der Waals surface area contributed by atoms with Crippen molar-refractivity contribution in [1.82, 2.24) is 15.5 Å². The highest BCUT2D eigenvalue weighted by Gasteiger charge is 2.24. The molecule has 164 valence electrons. The molecule has 0 bridgehead atoms. The van der Waals surface area contributed by atoms with E-state index >= 15 is 0 Å². The lowest BCUT2D eigenvalue weighted by molar-refractivity contribution is 0.230. The van der Waals surface area contributed by atoms with Gasteiger partial charge in [-0.3, -0.25) is 0 Å². The predicted molar refractivity (Wildman–Crippen MR) is 121 cm³/mol. The zero-order chi connectivity index (χ0) is 22.4. The van der Waals surface area contributed by atoms with Crippen molar-refractivity contribution in [2.45, 2.75) is 31.8 Å². The summed E-state index contributed by atoms with van der Waals surface area (Å²) in [5, 5.41) is 23.2. The lowest BCUT2D eigenvalue weighted by Crippen LogP contribution is -2.35. The minimum Gasteiger partial charge on any atom is -0.394 e. The quantitative estimate of drug-likeness (QED) is 0.386. The average Bonchev–Trinajstić information content (AvgIpc) is 3.18. The Balaban J connectivity index is 1.77. The molecule has 0 saturated heterocycles. The number of anilines is 2. The van der Waals surface area contributed by atoms with E-state index < -0.39 is 17.6 Å². The smallest absolute Gasteiger partial charge is 0.322 e. The Morgan fingerprint density at radius 2 is 1.71 bits per heavy atom. The normalized spacial score (nSPS) is 12.3.